The van der Waals surface area contributed by atoms with Gasteiger partial charge in [-0.15, -0.1) is 0 Å². The Bertz CT molecular complexity index is 1030. The second kappa shape index (κ2) is 9.03. The Morgan fingerprint density at radius 1 is 1.06 bits per heavy atom. The van der Waals surface area contributed by atoms with Crippen molar-refractivity contribution in [1.82, 2.24) is 10.2 Å². The Balaban J connectivity index is 1.71. The summed E-state index contributed by atoms with van der Waals surface area (Å²) in [6, 6.07) is 12.5. The summed E-state index contributed by atoms with van der Waals surface area (Å²) in [7, 11) is 0. The van der Waals surface area contributed by atoms with E-state index >= 15 is 0 Å². The SMILES string of the molecule is CC(=O)N1C=Cc2ccccc2C1CC(=O)Nc1cccc(C(=O)NCC(F)(F)F)c1. The second-order valence-corrected chi connectivity index (χ2v) is 7.02. The van der Waals surface area contributed by atoms with E-state index in [1.54, 1.807) is 17.6 Å². The van der Waals surface area contributed by atoms with Gasteiger partial charge < -0.3 is 15.5 Å². The van der Waals surface area contributed by atoms with E-state index in [0.717, 1.165) is 11.1 Å². The quantitative estimate of drug-likeness (QED) is 0.754. The summed E-state index contributed by atoms with van der Waals surface area (Å²) in [4.78, 5) is 38.1. The molecule has 1 aliphatic rings. The Morgan fingerprint density at radius 3 is 2.52 bits per heavy atom. The standard InChI is InChI=1S/C22H20F3N3O3/c1-14(29)28-10-9-15-5-2-3-8-18(15)19(28)12-20(30)27-17-7-4-6-16(11-17)21(31)26-13-22(23,24)25/h2-11,19H,12-13H2,1H3,(H,26,31)(H,27,30). The maximum absolute atomic E-state index is 12.7. The van der Waals surface area contributed by atoms with Crippen LogP contribution < -0.4 is 10.6 Å². The average Bonchev–Trinajstić information content (AvgIpc) is 2.71. The lowest BCUT2D eigenvalue weighted by Gasteiger charge is -2.32. The fourth-order valence-corrected chi connectivity index (χ4v) is 3.32. The zero-order valence-corrected chi connectivity index (χ0v) is 16.6. The lowest BCUT2D eigenvalue weighted by Crippen LogP contribution is -2.34. The highest BCUT2D eigenvalue weighted by atomic mass is 19.4. The number of rotatable bonds is 5. The fraction of sp³-hybridized carbons (Fsp3) is 0.227. The van der Waals surface area contributed by atoms with Gasteiger partial charge in [-0.1, -0.05) is 30.3 Å². The highest BCUT2D eigenvalue weighted by Crippen LogP contribution is 2.33. The molecule has 31 heavy (non-hydrogen) atoms. The third-order valence-corrected chi connectivity index (χ3v) is 4.71. The number of nitrogens with one attached hydrogen (secondary N) is 2. The highest BCUT2D eigenvalue weighted by Gasteiger charge is 2.29. The minimum Gasteiger partial charge on any atom is -0.343 e. The van der Waals surface area contributed by atoms with Crippen LogP contribution in [0.2, 0.25) is 0 Å². The minimum absolute atomic E-state index is 0.0154. The first-order valence-electron chi connectivity index (χ1n) is 9.45. The number of anilines is 1. The van der Waals surface area contributed by atoms with Gasteiger partial charge in [0.15, 0.2) is 0 Å². The van der Waals surface area contributed by atoms with Crippen molar-refractivity contribution in [2.75, 3.05) is 11.9 Å². The number of benzene rings is 2. The normalized spacial score (nSPS) is 15.2. The Kier molecular flexibility index (Phi) is 6.43. The molecule has 0 spiro atoms. The van der Waals surface area contributed by atoms with Gasteiger partial charge in [0, 0.05) is 24.4 Å². The highest BCUT2D eigenvalue weighted by molar-refractivity contribution is 5.97. The largest absolute Gasteiger partial charge is 0.405 e. The van der Waals surface area contributed by atoms with Crippen LogP contribution in [0.3, 0.4) is 0 Å². The molecule has 3 rings (SSSR count). The fourth-order valence-electron chi connectivity index (χ4n) is 3.32. The summed E-state index contributed by atoms with van der Waals surface area (Å²) < 4.78 is 36.9. The molecule has 0 radical (unpaired) electrons. The summed E-state index contributed by atoms with van der Waals surface area (Å²) in [5.74, 6) is -1.52. The summed E-state index contributed by atoms with van der Waals surface area (Å²) in [6.45, 7) is -0.0376. The number of alkyl halides is 3. The van der Waals surface area contributed by atoms with Crippen molar-refractivity contribution < 1.29 is 27.6 Å². The zero-order valence-electron chi connectivity index (χ0n) is 16.6. The topological polar surface area (TPSA) is 78.5 Å². The molecule has 2 aromatic rings. The molecule has 1 heterocycles. The number of amides is 3. The van der Waals surface area contributed by atoms with Crippen LogP contribution in [0.4, 0.5) is 18.9 Å². The van der Waals surface area contributed by atoms with Gasteiger partial charge >= 0.3 is 6.18 Å². The van der Waals surface area contributed by atoms with Crippen LogP contribution in [0.5, 0.6) is 0 Å². The van der Waals surface area contributed by atoms with Crippen molar-refractivity contribution in [2.24, 2.45) is 0 Å². The molecular weight excluding hydrogens is 411 g/mol. The van der Waals surface area contributed by atoms with E-state index in [2.05, 4.69) is 5.32 Å². The number of fused-ring (bicyclic) bond motifs is 1. The molecule has 6 nitrogen and oxygen atoms in total. The van der Waals surface area contributed by atoms with E-state index in [0.29, 0.717) is 0 Å². The summed E-state index contributed by atoms with van der Waals surface area (Å²) in [5.41, 5.74) is 1.98. The number of carbonyl (C=O) groups excluding carboxylic acids is 3. The van der Waals surface area contributed by atoms with E-state index < -0.39 is 30.6 Å². The molecule has 1 atom stereocenters. The van der Waals surface area contributed by atoms with Crippen LogP contribution in [-0.2, 0) is 9.59 Å². The third-order valence-electron chi connectivity index (χ3n) is 4.71. The molecule has 0 aliphatic carbocycles. The predicted molar refractivity (Wildman–Crippen MR) is 109 cm³/mol. The summed E-state index contributed by atoms with van der Waals surface area (Å²) in [6.07, 6.45) is -1.12. The van der Waals surface area contributed by atoms with Gasteiger partial charge in [0.25, 0.3) is 5.91 Å². The number of hydrogen-bond donors (Lipinski definition) is 2. The van der Waals surface area contributed by atoms with Crippen LogP contribution in [0.1, 0.15) is 40.9 Å². The monoisotopic (exact) mass is 431 g/mol. The van der Waals surface area contributed by atoms with Crippen LogP contribution in [-0.4, -0.2) is 35.3 Å². The van der Waals surface area contributed by atoms with Gasteiger partial charge in [0.05, 0.1) is 12.5 Å². The van der Waals surface area contributed by atoms with Crippen molar-refractivity contribution in [2.45, 2.75) is 25.6 Å². The first kappa shape index (κ1) is 22.1. The van der Waals surface area contributed by atoms with Crippen molar-refractivity contribution in [1.29, 1.82) is 0 Å². The second-order valence-electron chi connectivity index (χ2n) is 7.02. The van der Waals surface area contributed by atoms with Crippen molar-refractivity contribution >= 4 is 29.5 Å². The first-order chi connectivity index (χ1) is 14.6. The molecule has 0 saturated heterocycles. The lowest BCUT2D eigenvalue weighted by molar-refractivity contribution is -0.129. The van der Waals surface area contributed by atoms with Gasteiger partial charge in [0.1, 0.15) is 6.54 Å². The molecule has 2 aromatic carbocycles. The molecule has 0 fully saturated rings. The maximum Gasteiger partial charge on any atom is 0.405 e. The molecule has 0 saturated carbocycles. The molecule has 9 heteroatoms. The molecule has 3 amide bonds. The summed E-state index contributed by atoms with van der Waals surface area (Å²) >= 11 is 0. The van der Waals surface area contributed by atoms with Crippen molar-refractivity contribution in [3.8, 4) is 0 Å². The van der Waals surface area contributed by atoms with Gasteiger partial charge in [-0.3, -0.25) is 14.4 Å². The van der Waals surface area contributed by atoms with E-state index in [9.17, 15) is 27.6 Å². The number of carbonyl (C=O) groups is 3. The number of hydrogen-bond acceptors (Lipinski definition) is 3. The number of nitrogens with zero attached hydrogens (tertiary/aromatic N) is 1. The van der Waals surface area contributed by atoms with E-state index in [4.69, 9.17) is 0 Å². The van der Waals surface area contributed by atoms with Crippen molar-refractivity contribution in [3.63, 3.8) is 0 Å². The van der Waals surface area contributed by atoms with E-state index in [-0.39, 0.29) is 23.6 Å². The minimum atomic E-state index is -4.52. The molecule has 0 aromatic heterocycles. The van der Waals surface area contributed by atoms with Gasteiger partial charge in [-0.25, -0.2) is 0 Å². The Hall–Kier alpha value is -3.62. The molecule has 0 bridgehead atoms. The Labute approximate surface area is 176 Å². The molecule has 2 N–H and O–H groups in total. The van der Waals surface area contributed by atoms with Gasteiger partial charge in [0.2, 0.25) is 11.8 Å². The molecule has 162 valence electrons. The lowest BCUT2D eigenvalue weighted by atomic mass is 9.93. The molecular formula is C22H20F3N3O3. The van der Waals surface area contributed by atoms with E-state index in [1.807, 2.05) is 24.3 Å². The zero-order chi connectivity index (χ0) is 22.6. The average molecular weight is 431 g/mol. The van der Waals surface area contributed by atoms with Crippen LogP contribution >= 0.6 is 0 Å². The van der Waals surface area contributed by atoms with Gasteiger partial charge in [-0.2, -0.15) is 13.2 Å². The van der Waals surface area contributed by atoms with E-state index in [1.165, 1.54) is 36.1 Å². The van der Waals surface area contributed by atoms with Crippen LogP contribution in [0.15, 0.2) is 54.7 Å². The Morgan fingerprint density at radius 2 is 1.81 bits per heavy atom. The first-order valence-corrected chi connectivity index (χ1v) is 9.45. The van der Waals surface area contributed by atoms with Crippen LogP contribution in [0.25, 0.3) is 6.08 Å². The third kappa shape index (κ3) is 5.71. The summed E-state index contributed by atoms with van der Waals surface area (Å²) in [5, 5.41) is 4.43. The van der Waals surface area contributed by atoms with Crippen molar-refractivity contribution in [3.05, 3.63) is 71.4 Å². The smallest absolute Gasteiger partial charge is 0.343 e. The molecule has 1 unspecified atom stereocenters. The van der Waals surface area contributed by atoms with Gasteiger partial charge in [-0.05, 0) is 35.4 Å². The number of halogens is 3. The maximum atomic E-state index is 12.7. The van der Waals surface area contributed by atoms with Crippen LogP contribution in [0, 0.1) is 0 Å². The molecule has 1 aliphatic heterocycles. The predicted octanol–water partition coefficient (Wildman–Crippen LogP) is 3.88.